The van der Waals surface area contributed by atoms with Gasteiger partial charge in [-0.15, -0.1) is 0 Å². The summed E-state index contributed by atoms with van der Waals surface area (Å²) in [5.74, 6) is -0.296. The summed E-state index contributed by atoms with van der Waals surface area (Å²) in [5.41, 5.74) is -0.247. The molecule has 4 heteroatoms. The Bertz CT molecular complexity index is 527. The second kappa shape index (κ2) is 3.57. The van der Waals surface area contributed by atoms with Crippen LogP contribution in [0, 0.1) is 0 Å². The largest absolute Gasteiger partial charge is 0.465 e. The van der Waals surface area contributed by atoms with E-state index in [-0.39, 0.29) is 5.56 Å². The highest BCUT2D eigenvalue weighted by molar-refractivity contribution is 5.96. The summed E-state index contributed by atoms with van der Waals surface area (Å²) in [6.07, 6.45) is 0. The maximum absolute atomic E-state index is 11.4. The van der Waals surface area contributed by atoms with Crippen molar-refractivity contribution in [2.24, 2.45) is 0 Å². The van der Waals surface area contributed by atoms with E-state index in [1.165, 1.54) is 7.11 Å². The molecule has 2 rings (SSSR count). The van der Waals surface area contributed by atoms with Gasteiger partial charge in [0.15, 0.2) is 5.56 Å². The number of carbonyl (C=O) groups is 1. The molecule has 0 unspecified atom stereocenters. The predicted octanol–water partition coefficient (Wildman–Crippen LogP) is 1.53. The molecule has 0 saturated heterocycles. The zero-order valence-electron chi connectivity index (χ0n) is 8.02. The Labute approximate surface area is 85.4 Å². The number of hydrogen-bond donors (Lipinski definition) is 0. The molecule has 0 spiro atoms. The summed E-state index contributed by atoms with van der Waals surface area (Å²) < 4.78 is 9.44. The van der Waals surface area contributed by atoms with Crippen LogP contribution >= 0.6 is 0 Å². The highest BCUT2D eigenvalue weighted by atomic mass is 16.5. The maximum atomic E-state index is 11.4. The van der Waals surface area contributed by atoms with Gasteiger partial charge in [-0.25, -0.2) is 9.59 Å². The van der Waals surface area contributed by atoms with Crippen LogP contribution in [0.5, 0.6) is 0 Å². The lowest BCUT2D eigenvalue weighted by Crippen LogP contribution is -2.11. The molecule has 2 aliphatic rings. The van der Waals surface area contributed by atoms with Gasteiger partial charge in [0.2, 0.25) is 0 Å². The molecule has 0 N–H and O–H groups in total. The summed E-state index contributed by atoms with van der Waals surface area (Å²) in [5, 5.41) is 0. The molecule has 0 aromatic rings. The third-order valence-electron chi connectivity index (χ3n) is 2.06. The number of rotatable bonds is 1. The van der Waals surface area contributed by atoms with Crippen LogP contribution < -0.4 is 5.63 Å². The van der Waals surface area contributed by atoms with Crippen molar-refractivity contribution in [3.05, 3.63) is 46.3 Å². The number of fused-ring (bicyclic) bond motifs is 1. The van der Waals surface area contributed by atoms with Gasteiger partial charge in [-0.1, -0.05) is 24.3 Å². The smallest absolute Gasteiger partial charge is 0.351 e. The zero-order valence-corrected chi connectivity index (χ0v) is 8.02. The molecule has 76 valence electrons. The Balaban J connectivity index is 2.74. The van der Waals surface area contributed by atoms with Gasteiger partial charge in [-0.2, -0.15) is 0 Å². The summed E-state index contributed by atoms with van der Waals surface area (Å²) >= 11 is 0. The van der Waals surface area contributed by atoms with Gasteiger partial charge in [0.25, 0.3) is 0 Å². The minimum atomic E-state index is -0.676. The van der Waals surface area contributed by atoms with Crippen molar-refractivity contribution >= 4 is 5.97 Å². The number of hydrogen-bond acceptors (Lipinski definition) is 4. The normalized spacial score (nSPS) is 10.2. The van der Waals surface area contributed by atoms with Crippen molar-refractivity contribution in [1.82, 2.24) is 0 Å². The number of furan rings is 1. The minimum Gasteiger partial charge on any atom is -0.465 e. The van der Waals surface area contributed by atoms with E-state index in [1.807, 2.05) is 0 Å². The molecule has 15 heavy (non-hydrogen) atoms. The molecule has 0 radical (unpaired) electrons. The Morgan fingerprint density at radius 2 is 2.00 bits per heavy atom. The molecule has 0 aromatic heterocycles. The SMILES string of the molecule is COC(=O)c1c2cccccc-2oc1=O. The van der Waals surface area contributed by atoms with E-state index < -0.39 is 11.6 Å². The van der Waals surface area contributed by atoms with Crippen LogP contribution in [0.4, 0.5) is 0 Å². The third-order valence-corrected chi connectivity index (χ3v) is 2.06. The zero-order chi connectivity index (χ0) is 10.8. The van der Waals surface area contributed by atoms with Crippen molar-refractivity contribution in [1.29, 1.82) is 0 Å². The minimum absolute atomic E-state index is 0.0521. The molecule has 1 heterocycles. The van der Waals surface area contributed by atoms with E-state index in [1.54, 1.807) is 30.3 Å². The standard InChI is InChI=1S/C11H8O4/c1-14-10(12)9-7-5-3-2-4-6-8(7)15-11(9)13/h2-6H,1H3. The first-order valence-electron chi connectivity index (χ1n) is 4.34. The lowest BCUT2D eigenvalue weighted by Gasteiger charge is -1.94. The van der Waals surface area contributed by atoms with Crippen molar-refractivity contribution in [2.75, 3.05) is 7.11 Å². The van der Waals surface area contributed by atoms with Crippen LogP contribution in [-0.4, -0.2) is 13.1 Å². The van der Waals surface area contributed by atoms with E-state index in [0.717, 1.165) is 0 Å². The Kier molecular flexibility index (Phi) is 2.25. The fourth-order valence-corrected chi connectivity index (χ4v) is 1.38. The second-order valence-corrected chi connectivity index (χ2v) is 2.94. The maximum Gasteiger partial charge on any atom is 0.351 e. The highest BCUT2D eigenvalue weighted by Gasteiger charge is 2.23. The van der Waals surface area contributed by atoms with Crippen molar-refractivity contribution < 1.29 is 13.9 Å². The molecule has 0 atom stereocenters. The van der Waals surface area contributed by atoms with Crippen LogP contribution in [0.3, 0.4) is 0 Å². The van der Waals surface area contributed by atoms with Crippen molar-refractivity contribution in [2.45, 2.75) is 0 Å². The molecule has 1 aliphatic carbocycles. The topological polar surface area (TPSA) is 56.5 Å². The van der Waals surface area contributed by atoms with Crippen LogP contribution in [-0.2, 0) is 4.74 Å². The molecular weight excluding hydrogens is 196 g/mol. The van der Waals surface area contributed by atoms with Gasteiger partial charge in [0.1, 0.15) is 5.76 Å². The summed E-state index contributed by atoms with van der Waals surface area (Å²) in [4.78, 5) is 22.7. The molecule has 0 aromatic carbocycles. The van der Waals surface area contributed by atoms with Gasteiger partial charge in [-0.05, 0) is 6.07 Å². The average Bonchev–Trinajstić information content (AvgIpc) is 2.40. The summed E-state index contributed by atoms with van der Waals surface area (Å²) in [6.45, 7) is 0. The molecule has 1 aliphatic heterocycles. The number of ether oxygens (including phenoxy) is 1. The molecule has 0 fully saturated rings. The second-order valence-electron chi connectivity index (χ2n) is 2.94. The highest BCUT2D eigenvalue weighted by Crippen LogP contribution is 2.23. The Hall–Kier alpha value is -2.10. The predicted molar refractivity (Wildman–Crippen MR) is 52.9 cm³/mol. The first-order chi connectivity index (χ1) is 7.24. The first kappa shape index (κ1) is 9.45. The fourth-order valence-electron chi connectivity index (χ4n) is 1.38. The van der Waals surface area contributed by atoms with E-state index >= 15 is 0 Å². The number of esters is 1. The van der Waals surface area contributed by atoms with E-state index in [0.29, 0.717) is 11.3 Å². The van der Waals surface area contributed by atoms with E-state index in [4.69, 9.17) is 4.42 Å². The number of carbonyl (C=O) groups excluding carboxylic acids is 1. The van der Waals surface area contributed by atoms with E-state index in [2.05, 4.69) is 4.74 Å². The molecule has 0 amide bonds. The summed E-state index contributed by atoms with van der Waals surface area (Å²) in [6, 6.07) is 8.51. The number of methoxy groups -OCH3 is 1. The monoisotopic (exact) mass is 204 g/mol. The van der Waals surface area contributed by atoms with Crippen LogP contribution in [0.2, 0.25) is 0 Å². The van der Waals surface area contributed by atoms with Crippen LogP contribution in [0.1, 0.15) is 10.4 Å². The van der Waals surface area contributed by atoms with Crippen LogP contribution in [0.15, 0.2) is 39.5 Å². The fraction of sp³-hybridized carbons (Fsp3) is 0.0909. The molecule has 4 nitrogen and oxygen atoms in total. The van der Waals surface area contributed by atoms with Gasteiger partial charge in [-0.3, -0.25) is 0 Å². The van der Waals surface area contributed by atoms with Crippen molar-refractivity contribution in [3.8, 4) is 11.3 Å². The van der Waals surface area contributed by atoms with Gasteiger partial charge >= 0.3 is 11.6 Å². The Morgan fingerprint density at radius 3 is 2.73 bits per heavy atom. The van der Waals surface area contributed by atoms with Gasteiger partial charge in [0, 0.05) is 5.56 Å². The molecular formula is C11H8O4. The quantitative estimate of drug-likeness (QED) is 0.661. The lowest BCUT2D eigenvalue weighted by molar-refractivity contribution is 0.0599. The lowest BCUT2D eigenvalue weighted by atomic mass is 10.1. The summed E-state index contributed by atoms with van der Waals surface area (Å²) in [7, 11) is 1.23. The third kappa shape index (κ3) is 1.50. The van der Waals surface area contributed by atoms with Gasteiger partial charge in [0.05, 0.1) is 7.11 Å². The van der Waals surface area contributed by atoms with Crippen LogP contribution in [0.25, 0.3) is 11.3 Å². The molecule has 0 saturated carbocycles. The molecule has 0 bridgehead atoms. The van der Waals surface area contributed by atoms with Crippen molar-refractivity contribution in [3.63, 3.8) is 0 Å². The van der Waals surface area contributed by atoms with E-state index in [9.17, 15) is 9.59 Å². The van der Waals surface area contributed by atoms with Gasteiger partial charge < -0.3 is 9.15 Å². The Morgan fingerprint density at radius 1 is 1.27 bits per heavy atom. The average molecular weight is 204 g/mol. The first-order valence-corrected chi connectivity index (χ1v) is 4.34.